The third-order valence-corrected chi connectivity index (χ3v) is 9.95. The fourth-order valence-electron chi connectivity index (χ4n) is 8.48. The summed E-state index contributed by atoms with van der Waals surface area (Å²) in [5, 5.41) is 0. The highest BCUT2D eigenvalue weighted by atomic mass is 16.7. The largest absolute Gasteiger partial charge is 0.472 e. The highest BCUT2D eigenvalue weighted by Crippen LogP contribution is 2.78. The fraction of sp³-hybridized carbons (Fsp3) is 0.654. The number of ether oxygens (including phenoxy) is 2. The number of hydrogen-bond donors (Lipinski definition) is 0. The van der Waals surface area contributed by atoms with Gasteiger partial charge in [-0.2, -0.15) is 0 Å². The predicted octanol–water partition coefficient (Wildman–Crippen LogP) is 5.27. The minimum atomic E-state index is -0.376. The lowest BCUT2D eigenvalue weighted by molar-refractivity contribution is -0.179. The summed E-state index contributed by atoms with van der Waals surface area (Å²) in [7, 11) is 0. The van der Waals surface area contributed by atoms with Crippen molar-refractivity contribution in [3.63, 3.8) is 0 Å². The summed E-state index contributed by atoms with van der Waals surface area (Å²) in [4.78, 5) is 12.7. The summed E-state index contributed by atoms with van der Waals surface area (Å²) in [6.07, 6.45) is 14.6. The van der Waals surface area contributed by atoms with E-state index in [-0.39, 0.29) is 51.2 Å². The molecule has 0 aromatic carbocycles. The van der Waals surface area contributed by atoms with Gasteiger partial charge in [0.1, 0.15) is 11.7 Å². The first kappa shape index (κ1) is 19.1. The molecule has 30 heavy (non-hydrogen) atoms. The number of carbonyl (C=O) groups is 1. The Hall–Kier alpha value is -1.65. The van der Waals surface area contributed by atoms with Gasteiger partial charge in [0.05, 0.1) is 25.2 Å². The zero-order valence-corrected chi connectivity index (χ0v) is 18.6. The molecule has 4 heteroatoms. The molecule has 0 N–H and O–H groups in total. The summed E-state index contributed by atoms with van der Waals surface area (Å²) in [6, 6.07) is 2.03. The number of furan rings is 1. The normalized spacial score (nSPS) is 52.8. The van der Waals surface area contributed by atoms with Crippen LogP contribution in [0.2, 0.25) is 0 Å². The molecule has 6 rings (SSSR count). The van der Waals surface area contributed by atoms with Gasteiger partial charge in [0, 0.05) is 21.8 Å². The topological polar surface area (TPSA) is 52.0 Å². The van der Waals surface area contributed by atoms with Gasteiger partial charge in [-0.3, -0.25) is 4.79 Å². The molecule has 4 nitrogen and oxygen atoms in total. The van der Waals surface area contributed by atoms with Crippen LogP contribution < -0.4 is 0 Å². The van der Waals surface area contributed by atoms with Crippen LogP contribution >= 0.6 is 0 Å². The Morgan fingerprint density at radius 2 is 1.90 bits per heavy atom. The number of carbonyl (C=O) groups excluding carboxylic acids is 1. The van der Waals surface area contributed by atoms with E-state index < -0.39 is 0 Å². The van der Waals surface area contributed by atoms with Gasteiger partial charge >= 0.3 is 0 Å². The summed E-state index contributed by atoms with van der Waals surface area (Å²) in [6.45, 7) is 12.0. The molecular weight excluding hydrogens is 376 g/mol. The maximum absolute atomic E-state index is 12.7. The molecule has 1 aromatic rings. The van der Waals surface area contributed by atoms with Crippen LogP contribution in [0.3, 0.4) is 0 Å². The zero-order valence-electron chi connectivity index (χ0n) is 18.6. The van der Waals surface area contributed by atoms with Crippen LogP contribution in [-0.2, 0) is 14.3 Å². The van der Waals surface area contributed by atoms with Crippen LogP contribution in [0.25, 0.3) is 0 Å². The van der Waals surface area contributed by atoms with Gasteiger partial charge < -0.3 is 13.9 Å². The second-order valence-corrected chi connectivity index (χ2v) is 11.5. The molecule has 0 radical (unpaired) electrons. The first-order valence-electron chi connectivity index (χ1n) is 11.4. The molecule has 3 aliphatic carbocycles. The molecule has 8 atom stereocenters. The SMILES string of the molecule is CC1(C)C(=O)C=C[C@]2(C)[C@H]3CC[C@@]4(C)[C@H](c5ccoc5)OC[C@H]5O[C@]54[C@]3(C)C=C[C@@H]12. The smallest absolute Gasteiger partial charge is 0.161 e. The van der Waals surface area contributed by atoms with Crippen molar-refractivity contribution in [3.05, 3.63) is 48.5 Å². The summed E-state index contributed by atoms with van der Waals surface area (Å²) in [5.74, 6) is 0.872. The molecule has 1 aromatic heterocycles. The summed E-state index contributed by atoms with van der Waals surface area (Å²) in [5.41, 5.74) is 0.203. The van der Waals surface area contributed by atoms with E-state index in [2.05, 4.69) is 52.8 Å². The molecule has 2 saturated heterocycles. The van der Waals surface area contributed by atoms with E-state index in [0.29, 0.717) is 12.5 Å². The van der Waals surface area contributed by atoms with Gasteiger partial charge in [-0.1, -0.05) is 52.8 Å². The first-order chi connectivity index (χ1) is 14.1. The van der Waals surface area contributed by atoms with E-state index in [9.17, 15) is 4.79 Å². The van der Waals surface area contributed by atoms with Crippen LogP contribution in [0.1, 0.15) is 59.1 Å². The van der Waals surface area contributed by atoms with Gasteiger partial charge in [-0.25, -0.2) is 0 Å². The minimum Gasteiger partial charge on any atom is -0.472 e. The number of allylic oxidation sites excluding steroid dienone is 3. The maximum Gasteiger partial charge on any atom is 0.161 e. The van der Waals surface area contributed by atoms with E-state index in [0.717, 1.165) is 18.4 Å². The summed E-state index contributed by atoms with van der Waals surface area (Å²) < 4.78 is 18.5. The second-order valence-electron chi connectivity index (χ2n) is 11.5. The van der Waals surface area contributed by atoms with Gasteiger partial charge in [-0.15, -0.1) is 0 Å². The van der Waals surface area contributed by atoms with E-state index in [1.807, 2.05) is 18.4 Å². The lowest BCUT2D eigenvalue weighted by Crippen LogP contribution is -2.66. The van der Waals surface area contributed by atoms with E-state index in [1.165, 1.54) is 0 Å². The standard InChI is InChI=1S/C26H32O4/c1-22(2)17-6-11-24(4)18(23(17,3)10-8-19(22)27)7-12-25(5)21(16-9-13-28-14-16)29-15-20-26(24,25)30-20/h6,8-11,13-14,17-18,20-21H,7,12,15H2,1-5H3/t17-,18+,20+,21-,23-,24+,25-,26-/m0/s1. The van der Waals surface area contributed by atoms with E-state index >= 15 is 0 Å². The lowest BCUT2D eigenvalue weighted by Gasteiger charge is -2.65. The molecule has 0 amide bonds. The van der Waals surface area contributed by atoms with Crippen molar-refractivity contribution < 1.29 is 18.7 Å². The molecule has 1 saturated carbocycles. The Morgan fingerprint density at radius 1 is 1.10 bits per heavy atom. The Morgan fingerprint density at radius 3 is 2.63 bits per heavy atom. The maximum atomic E-state index is 12.7. The quantitative estimate of drug-likeness (QED) is 0.469. The van der Waals surface area contributed by atoms with Crippen LogP contribution in [0.4, 0.5) is 0 Å². The van der Waals surface area contributed by atoms with Crippen molar-refractivity contribution >= 4 is 5.78 Å². The molecular formula is C26H32O4. The molecule has 0 bridgehead atoms. The molecule has 3 heterocycles. The fourth-order valence-corrected chi connectivity index (χ4v) is 8.48. The first-order valence-corrected chi connectivity index (χ1v) is 11.4. The number of epoxide rings is 1. The van der Waals surface area contributed by atoms with Crippen LogP contribution in [0.5, 0.6) is 0 Å². The number of hydrogen-bond acceptors (Lipinski definition) is 4. The number of rotatable bonds is 1. The van der Waals surface area contributed by atoms with Gasteiger partial charge in [0.25, 0.3) is 0 Å². The average Bonchev–Trinajstić information content (AvgIpc) is 3.22. The van der Waals surface area contributed by atoms with Crippen molar-refractivity contribution in [1.82, 2.24) is 0 Å². The third-order valence-electron chi connectivity index (χ3n) is 9.95. The molecule has 2 aliphatic heterocycles. The van der Waals surface area contributed by atoms with Crippen LogP contribution in [0.15, 0.2) is 47.3 Å². The average molecular weight is 409 g/mol. The van der Waals surface area contributed by atoms with E-state index in [4.69, 9.17) is 13.9 Å². The Bertz CT molecular complexity index is 973. The molecule has 1 spiro atoms. The Labute approximate surface area is 178 Å². The second kappa shape index (κ2) is 5.39. The van der Waals surface area contributed by atoms with Crippen LogP contribution in [-0.4, -0.2) is 24.1 Å². The van der Waals surface area contributed by atoms with Gasteiger partial charge in [0.15, 0.2) is 5.78 Å². The third kappa shape index (κ3) is 1.86. The predicted molar refractivity (Wildman–Crippen MR) is 113 cm³/mol. The molecule has 3 fully saturated rings. The van der Waals surface area contributed by atoms with Crippen molar-refractivity contribution in [3.8, 4) is 0 Å². The van der Waals surface area contributed by atoms with Crippen molar-refractivity contribution in [2.45, 2.75) is 65.3 Å². The number of fused-ring (bicyclic) bond motifs is 3. The molecule has 5 aliphatic rings. The Kier molecular flexibility index (Phi) is 3.43. The van der Waals surface area contributed by atoms with Crippen molar-refractivity contribution in [2.24, 2.45) is 33.5 Å². The zero-order chi connectivity index (χ0) is 21.2. The van der Waals surface area contributed by atoms with E-state index in [1.54, 1.807) is 6.26 Å². The molecule has 0 unspecified atom stereocenters. The molecule has 160 valence electrons. The monoisotopic (exact) mass is 408 g/mol. The van der Waals surface area contributed by atoms with Crippen molar-refractivity contribution in [2.75, 3.05) is 6.61 Å². The van der Waals surface area contributed by atoms with Gasteiger partial charge in [0.2, 0.25) is 0 Å². The van der Waals surface area contributed by atoms with Crippen molar-refractivity contribution in [1.29, 1.82) is 0 Å². The van der Waals surface area contributed by atoms with Gasteiger partial charge in [-0.05, 0) is 42.2 Å². The highest BCUT2D eigenvalue weighted by Gasteiger charge is 2.82. The lowest BCUT2D eigenvalue weighted by atomic mass is 9.38. The highest BCUT2D eigenvalue weighted by molar-refractivity contribution is 5.96. The van der Waals surface area contributed by atoms with Crippen LogP contribution in [0, 0.1) is 33.5 Å². The number of ketones is 1. The summed E-state index contributed by atoms with van der Waals surface area (Å²) >= 11 is 0. The minimum absolute atomic E-state index is 0.0216. The Balaban J connectivity index is 1.50.